The zero-order chi connectivity index (χ0) is 52.5. The number of fused-ring (bicyclic) bond motifs is 9. The number of hydrogen-bond acceptors (Lipinski definition) is 6. The SMILES string of the molecule is CCC1(CC)c2cc(/C=C/c3ccc4c(c3)C(C)(C)c3cc(N(c5ccccn5)c5ccccn5)ccc3-4)ccc2-c2ccc(/C=C/c3ccc4c(c3)C(C)(C)c3cc(N(c5ccccn5)c5ccccn5)ccc3-4)cc21. The van der Waals surface area contributed by atoms with Crippen LogP contribution in [0.5, 0.6) is 0 Å². The van der Waals surface area contributed by atoms with Gasteiger partial charge in [-0.25, -0.2) is 19.9 Å². The summed E-state index contributed by atoms with van der Waals surface area (Å²) < 4.78 is 0. The standard InChI is InChI=1S/C71H60N6/c1-7-71(8-2)63-43-49(23-21-47-25-31-53-55-35-29-51(45-61(55)69(3,4)59(53)41-47)76(65-17-9-13-37-72-65)66-18-10-14-38-73-66)27-33-57(63)58-34-28-50(44-64(58)71)24-22-48-26-32-54-56-36-30-52(46-62(56)70(5,6)60(54)42-48)77(67-19-11-15-39-74-67)68-20-12-16-40-75-68/h9-46H,7-8H2,1-6H3/b23-21+,24-22+. The van der Waals surface area contributed by atoms with Gasteiger partial charge >= 0.3 is 0 Å². The molecule has 374 valence electrons. The first-order chi connectivity index (χ1) is 37.6. The molecule has 0 atom stereocenters. The second kappa shape index (κ2) is 18.7. The molecule has 0 fully saturated rings. The van der Waals surface area contributed by atoms with Crippen molar-refractivity contribution in [2.24, 2.45) is 0 Å². The first-order valence-corrected chi connectivity index (χ1v) is 27.0. The molecule has 0 saturated heterocycles. The Labute approximate surface area is 452 Å². The van der Waals surface area contributed by atoms with E-state index in [-0.39, 0.29) is 16.2 Å². The van der Waals surface area contributed by atoms with Gasteiger partial charge in [0.2, 0.25) is 0 Å². The van der Waals surface area contributed by atoms with E-state index in [2.05, 4.69) is 185 Å². The van der Waals surface area contributed by atoms with Crippen LogP contribution in [-0.4, -0.2) is 19.9 Å². The summed E-state index contributed by atoms with van der Waals surface area (Å²) >= 11 is 0. The lowest BCUT2D eigenvalue weighted by Gasteiger charge is -2.30. The molecule has 0 saturated carbocycles. The Bertz CT molecular complexity index is 3610. The molecule has 77 heavy (non-hydrogen) atoms. The van der Waals surface area contributed by atoms with E-state index in [1.807, 2.05) is 97.6 Å². The van der Waals surface area contributed by atoms with E-state index in [1.165, 1.54) is 89.0 Å². The molecule has 0 spiro atoms. The molecule has 0 bridgehead atoms. The Morgan fingerprint density at radius 1 is 0.325 bits per heavy atom. The van der Waals surface area contributed by atoms with Gasteiger partial charge in [-0.05, 0) is 175 Å². The zero-order valence-electron chi connectivity index (χ0n) is 44.5. The number of benzene rings is 6. The topological polar surface area (TPSA) is 58.0 Å². The number of rotatable bonds is 12. The van der Waals surface area contributed by atoms with Gasteiger partial charge in [0.1, 0.15) is 23.3 Å². The fourth-order valence-corrected chi connectivity index (χ4v) is 12.8. The molecule has 10 aromatic rings. The lowest BCUT2D eigenvalue weighted by Crippen LogP contribution is -2.23. The molecular weight excluding hydrogens is 937 g/mol. The summed E-state index contributed by atoms with van der Waals surface area (Å²) in [5, 5.41) is 0. The maximum Gasteiger partial charge on any atom is 0.138 e. The molecule has 6 heteroatoms. The number of nitrogens with zero attached hydrogens (tertiary/aromatic N) is 6. The molecule has 3 aliphatic rings. The summed E-state index contributed by atoms with van der Waals surface area (Å²) in [5.41, 5.74) is 22.4. The zero-order valence-corrected chi connectivity index (χ0v) is 44.5. The van der Waals surface area contributed by atoms with Crippen LogP contribution in [0.2, 0.25) is 0 Å². The molecule has 13 rings (SSSR count). The highest BCUT2D eigenvalue weighted by molar-refractivity contribution is 5.89. The number of anilines is 6. The van der Waals surface area contributed by atoms with Crippen molar-refractivity contribution in [3.8, 4) is 33.4 Å². The molecule has 3 aliphatic carbocycles. The highest BCUT2D eigenvalue weighted by Crippen LogP contribution is 2.55. The third-order valence-corrected chi connectivity index (χ3v) is 16.9. The van der Waals surface area contributed by atoms with Gasteiger partial charge in [-0.3, -0.25) is 9.80 Å². The summed E-state index contributed by atoms with van der Waals surface area (Å²) in [6.07, 6.45) is 18.6. The summed E-state index contributed by atoms with van der Waals surface area (Å²) in [6.45, 7) is 14.1. The summed E-state index contributed by atoms with van der Waals surface area (Å²) in [4.78, 5) is 23.2. The lowest BCUT2D eigenvalue weighted by atomic mass is 9.73. The molecule has 0 amide bonds. The van der Waals surface area contributed by atoms with Crippen LogP contribution in [0, 0.1) is 0 Å². The lowest BCUT2D eigenvalue weighted by molar-refractivity contribution is 0.490. The molecule has 4 heterocycles. The van der Waals surface area contributed by atoms with Crippen LogP contribution in [0.3, 0.4) is 0 Å². The van der Waals surface area contributed by atoms with Crippen LogP contribution in [-0.2, 0) is 16.2 Å². The van der Waals surface area contributed by atoms with Crippen molar-refractivity contribution in [2.45, 2.75) is 70.6 Å². The second-order valence-corrected chi connectivity index (χ2v) is 21.8. The monoisotopic (exact) mass is 996 g/mol. The Morgan fingerprint density at radius 3 is 0.883 bits per heavy atom. The average Bonchev–Trinajstić information content (AvgIpc) is 4.18. The van der Waals surface area contributed by atoms with Gasteiger partial charge in [-0.15, -0.1) is 0 Å². The number of hydrogen-bond donors (Lipinski definition) is 0. The van der Waals surface area contributed by atoms with Crippen LogP contribution < -0.4 is 9.80 Å². The minimum Gasteiger partial charge on any atom is -0.279 e. The summed E-state index contributed by atoms with van der Waals surface area (Å²) in [6, 6.07) is 65.8. The number of aromatic nitrogens is 4. The third kappa shape index (κ3) is 7.92. The average molecular weight is 997 g/mol. The second-order valence-electron chi connectivity index (χ2n) is 21.8. The fourth-order valence-electron chi connectivity index (χ4n) is 12.8. The smallest absolute Gasteiger partial charge is 0.138 e. The van der Waals surface area contributed by atoms with Gasteiger partial charge in [-0.2, -0.15) is 0 Å². The normalized spacial score (nSPS) is 14.7. The number of pyridine rings is 4. The minimum atomic E-state index is -0.207. The van der Waals surface area contributed by atoms with Gasteiger partial charge in [0.15, 0.2) is 0 Å². The van der Waals surface area contributed by atoms with Crippen LogP contribution in [0.1, 0.15) is 110 Å². The van der Waals surface area contributed by atoms with E-state index in [0.29, 0.717) is 0 Å². The highest BCUT2D eigenvalue weighted by Gasteiger charge is 2.41. The molecule has 0 N–H and O–H groups in total. The van der Waals surface area contributed by atoms with Crippen molar-refractivity contribution >= 4 is 59.0 Å². The predicted octanol–water partition coefficient (Wildman–Crippen LogP) is 18.2. The Kier molecular flexibility index (Phi) is 11.6. The van der Waals surface area contributed by atoms with Crippen molar-refractivity contribution < 1.29 is 0 Å². The van der Waals surface area contributed by atoms with Gasteiger partial charge < -0.3 is 0 Å². The fraction of sp³-hybridized carbons (Fsp3) is 0.155. The Morgan fingerprint density at radius 2 is 0.597 bits per heavy atom. The van der Waals surface area contributed by atoms with E-state index < -0.39 is 0 Å². The van der Waals surface area contributed by atoms with Crippen molar-refractivity contribution in [1.29, 1.82) is 0 Å². The van der Waals surface area contributed by atoms with Crippen molar-refractivity contribution in [3.05, 3.63) is 262 Å². The maximum atomic E-state index is 4.73. The molecule has 0 unspecified atom stereocenters. The van der Waals surface area contributed by atoms with Crippen molar-refractivity contribution in [2.75, 3.05) is 9.80 Å². The van der Waals surface area contributed by atoms with Gasteiger partial charge in [0, 0.05) is 52.4 Å². The molecule has 0 aliphatic heterocycles. The summed E-state index contributed by atoms with van der Waals surface area (Å²) in [5.74, 6) is 3.34. The maximum absolute atomic E-state index is 4.73. The van der Waals surface area contributed by atoms with Gasteiger partial charge in [0.25, 0.3) is 0 Å². The molecule has 6 aromatic carbocycles. The van der Waals surface area contributed by atoms with E-state index in [0.717, 1.165) is 47.5 Å². The Hall–Kier alpha value is -9.00. The van der Waals surface area contributed by atoms with Crippen LogP contribution in [0.25, 0.3) is 57.7 Å². The van der Waals surface area contributed by atoms with Crippen LogP contribution in [0.4, 0.5) is 34.6 Å². The van der Waals surface area contributed by atoms with E-state index in [9.17, 15) is 0 Å². The quantitative estimate of drug-likeness (QED) is 0.114. The van der Waals surface area contributed by atoms with E-state index in [1.54, 1.807) is 0 Å². The minimum absolute atomic E-state index is 0.0751. The van der Waals surface area contributed by atoms with Crippen LogP contribution in [0.15, 0.2) is 207 Å². The van der Waals surface area contributed by atoms with Gasteiger partial charge in [-0.1, -0.05) is 175 Å². The summed E-state index contributed by atoms with van der Waals surface area (Å²) in [7, 11) is 0. The van der Waals surface area contributed by atoms with Crippen molar-refractivity contribution in [1.82, 2.24) is 19.9 Å². The van der Waals surface area contributed by atoms with E-state index in [4.69, 9.17) is 19.9 Å². The third-order valence-electron chi connectivity index (χ3n) is 16.9. The van der Waals surface area contributed by atoms with Crippen molar-refractivity contribution in [3.63, 3.8) is 0 Å². The largest absolute Gasteiger partial charge is 0.279 e. The first-order valence-electron chi connectivity index (χ1n) is 27.0. The molecular formula is C71H60N6. The van der Waals surface area contributed by atoms with Gasteiger partial charge in [0.05, 0.1) is 0 Å². The van der Waals surface area contributed by atoms with Crippen LogP contribution >= 0.6 is 0 Å². The Balaban J connectivity index is 0.750. The molecule has 0 radical (unpaired) electrons. The van der Waals surface area contributed by atoms with E-state index >= 15 is 0 Å². The molecule has 6 nitrogen and oxygen atoms in total. The predicted molar refractivity (Wildman–Crippen MR) is 320 cm³/mol. The highest BCUT2D eigenvalue weighted by atomic mass is 15.2. The first kappa shape index (κ1) is 47.7. The molecule has 4 aromatic heterocycles.